The molecule has 0 atom stereocenters. The second-order valence-corrected chi connectivity index (χ2v) is 4.81. The SMILES string of the molecule is Oc1cccc2c(Sc3ccccn3)ccnc12. The summed E-state index contributed by atoms with van der Waals surface area (Å²) in [5.74, 6) is 0.205. The number of aromatic nitrogens is 2. The van der Waals surface area contributed by atoms with Crippen molar-refractivity contribution in [3.63, 3.8) is 0 Å². The van der Waals surface area contributed by atoms with Crippen LogP contribution in [0.5, 0.6) is 5.75 Å². The van der Waals surface area contributed by atoms with Crippen LogP contribution in [0.15, 0.2) is 64.8 Å². The molecule has 0 aliphatic rings. The van der Waals surface area contributed by atoms with Crippen LogP contribution in [0.25, 0.3) is 10.9 Å². The van der Waals surface area contributed by atoms with Gasteiger partial charge in [-0.1, -0.05) is 30.0 Å². The van der Waals surface area contributed by atoms with Crippen molar-refractivity contribution in [2.75, 3.05) is 0 Å². The molecule has 0 bridgehead atoms. The predicted molar refractivity (Wildman–Crippen MR) is 71.8 cm³/mol. The van der Waals surface area contributed by atoms with Crippen molar-refractivity contribution < 1.29 is 5.11 Å². The highest BCUT2D eigenvalue weighted by molar-refractivity contribution is 7.99. The summed E-state index contributed by atoms with van der Waals surface area (Å²) in [6, 6.07) is 13.2. The molecule has 1 N–H and O–H groups in total. The Morgan fingerprint density at radius 2 is 1.83 bits per heavy atom. The first-order valence-corrected chi connectivity index (χ1v) is 6.32. The monoisotopic (exact) mass is 254 g/mol. The van der Waals surface area contributed by atoms with Crippen LogP contribution in [0.1, 0.15) is 0 Å². The molecule has 2 heterocycles. The van der Waals surface area contributed by atoms with Gasteiger partial charge in [-0.3, -0.25) is 4.98 Å². The second-order valence-electron chi connectivity index (χ2n) is 3.75. The number of aromatic hydroxyl groups is 1. The smallest absolute Gasteiger partial charge is 0.141 e. The van der Waals surface area contributed by atoms with E-state index in [1.54, 1.807) is 30.2 Å². The number of benzene rings is 1. The first-order valence-electron chi connectivity index (χ1n) is 5.50. The average molecular weight is 254 g/mol. The fraction of sp³-hybridized carbons (Fsp3) is 0. The van der Waals surface area contributed by atoms with Gasteiger partial charge in [0.25, 0.3) is 0 Å². The summed E-state index contributed by atoms with van der Waals surface area (Å²) in [6.45, 7) is 0. The van der Waals surface area contributed by atoms with Crippen molar-refractivity contribution in [2.24, 2.45) is 0 Å². The van der Waals surface area contributed by atoms with E-state index in [1.165, 1.54) is 0 Å². The Morgan fingerprint density at radius 1 is 0.889 bits per heavy atom. The molecule has 1 aromatic carbocycles. The molecule has 0 radical (unpaired) electrons. The van der Waals surface area contributed by atoms with E-state index in [0.29, 0.717) is 5.52 Å². The molecule has 0 aliphatic heterocycles. The molecule has 3 nitrogen and oxygen atoms in total. The molecule has 88 valence electrons. The second kappa shape index (κ2) is 4.66. The number of pyridine rings is 2. The van der Waals surface area contributed by atoms with E-state index in [4.69, 9.17) is 0 Å². The Balaban J connectivity index is 2.10. The highest BCUT2D eigenvalue weighted by atomic mass is 32.2. The van der Waals surface area contributed by atoms with Crippen LogP contribution < -0.4 is 0 Å². The van der Waals surface area contributed by atoms with Crippen molar-refractivity contribution in [2.45, 2.75) is 9.92 Å². The molecule has 0 saturated carbocycles. The number of rotatable bonds is 2. The molecule has 0 spiro atoms. The molecular formula is C14H10N2OS. The van der Waals surface area contributed by atoms with E-state index < -0.39 is 0 Å². The fourth-order valence-electron chi connectivity index (χ4n) is 1.74. The summed E-state index contributed by atoms with van der Waals surface area (Å²) in [5, 5.41) is 11.6. The van der Waals surface area contributed by atoms with Gasteiger partial charge >= 0.3 is 0 Å². The van der Waals surface area contributed by atoms with Crippen LogP contribution in [0, 0.1) is 0 Å². The Hall–Kier alpha value is -2.07. The molecule has 0 fully saturated rings. The van der Waals surface area contributed by atoms with Crippen LogP contribution in [0.4, 0.5) is 0 Å². The quantitative estimate of drug-likeness (QED) is 0.760. The lowest BCUT2D eigenvalue weighted by molar-refractivity contribution is 0.480. The maximum absolute atomic E-state index is 9.77. The van der Waals surface area contributed by atoms with Crippen LogP contribution >= 0.6 is 11.8 Å². The number of phenolic OH excluding ortho intramolecular Hbond substituents is 1. The zero-order valence-corrected chi connectivity index (χ0v) is 10.3. The normalized spacial score (nSPS) is 10.7. The molecule has 2 aromatic heterocycles. The van der Waals surface area contributed by atoms with Gasteiger partial charge in [0.1, 0.15) is 16.3 Å². The number of fused-ring (bicyclic) bond motifs is 1. The first-order chi connectivity index (χ1) is 8.84. The van der Waals surface area contributed by atoms with Gasteiger partial charge < -0.3 is 5.11 Å². The third-order valence-electron chi connectivity index (χ3n) is 2.56. The number of hydrogen-bond acceptors (Lipinski definition) is 4. The topological polar surface area (TPSA) is 46.0 Å². The largest absolute Gasteiger partial charge is 0.506 e. The minimum Gasteiger partial charge on any atom is -0.506 e. The molecule has 4 heteroatoms. The fourth-order valence-corrected chi connectivity index (χ4v) is 2.63. The molecule has 0 amide bonds. The van der Waals surface area contributed by atoms with Crippen LogP contribution in [0.3, 0.4) is 0 Å². The van der Waals surface area contributed by atoms with Crippen molar-refractivity contribution >= 4 is 22.7 Å². The lowest BCUT2D eigenvalue weighted by Gasteiger charge is -2.05. The zero-order valence-electron chi connectivity index (χ0n) is 9.45. The summed E-state index contributed by atoms with van der Waals surface area (Å²) >= 11 is 1.56. The van der Waals surface area contributed by atoms with Crippen molar-refractivity contribution in [3.05, 3.63) is 54.9 Å². The van der Waals surface area contributed by atoms with E-state index in [0.717, 1.165) is 15.3 Å². The highest BCUT2D eigenvalue weighted by Gasteiger charge is 2.06. The summed E-state index contributed by atoms with van der Waals surface area (Å²) < 4.78 is 0. The Labute approximate surface area is 109 Å². The molecule has 0 aliphatic carbocycles. The predicted octanol–water partition coefficient (Wildman–Crippen LogP) is 3.49. The van der Waals surface area contributed by atoms with E-state index >= 15 is 0 Å². The molecule has 3 rings (SSSR count). The summed E-state index contributed by atoms with van der Waals surface area (Å²) in [7, 11) is 0. The molecule has 18 heavy (non-hydrogen) atoms. The van der Waals surface area contributed by atoms with Gasteiger partial charge in [-0.05, 0) is 24.3 Å². The number of nitrogens with zero attached hydrogens (tertiary/aromatic N) is 2. The minimum atomic E-state index is 0.205. The standard InChI is InChI=1S/C14H10N2OS/c17-11-5-3-4-10-12(7-9-16-14(10)11)18-13-6-1-2-8-15-13/h1-9,17H. The van der Waals surface area contributed by atoms with Crippen molar-refractivity contribution in [3.8, 4) is 5.75 Å². The van der Waals surface area contributed by atoms with Crippen LogP contribution in [-0.2, 0) is 0 Å². The Kier molecular flexibility index (Phi) is 2.86. The number of phenols is 1. The van der Waals surface area contributed by atoms with Gasteiger partial charge in [0.15, 0.2) is 0 Å². The van der Waals surface area contributed by atoms with Crippen molar-refractivity contribution in [1.29, 1.82) is 0 Å². The maximum Gasteiger partial charge on any atom is 0.141 e. The highest BCUT2D eigenvalue weighted by Crippen LogP contribution is 2.33. The van der Waals surface area contributed by atoms with Gasteiger partial charge in [0.05, 0.1) is 0 Å². The minimum absolute atomic E-state index is 0.205. The Morgan fingerprint density at radius 3 is 2.67 bits per heavy atom. The molecule has 0 saturated heterocycles. The van der Waals surface area contributed by atoms with E-state index in [2.05, 4.69) is 9.97 Å². The van der Waals surface area contributed by atoms with E-state index in [9.17, 15) is 5.11 Å². The lowest BCUT2D eigenvalue weighted by atomic mass is 10.2. The average Bonchev–Trinajstić information content (AvgIpc) is 2.41. The van der Waals surface area contributed by atoms with E-state index in [1.807, 2.05) is 36.4 Å². The van der Waals surface area contributed by atoms with Crippen molar-refractivity contribution in [1.82, 2.24) is 9.97 Å². The van der Waals surface area contributed by atoms with Gasteiger partial charge in [0.2, 0.25) is 0 Å². The number of para-hydroxylation sites is 1. The molecular weight excluding hydrogens is 244 g/mol. The summed E-state index contributed by atoms with van der Waals surface area (Å²) in [4.78, 5) is 9.52. The molecule has 3 aromatic rings. The first kappa shape index (κ1) is 11.0. The van der Waals surface area contributed by atoms with Gasteiger partial charge in [-0.2, -0.15) is 0 Å². The van der Waals surface area contributed by atoms with Gasteiger partial charge in [-0.25, -0.2) is 4.98 Å². The third-order valence-corrected chi connectivity index (χ3v) is 3.59. The van der Waals surface area contributed by atoms with Gasteiger partial charge in [0, 0.05) is 22.7 Å². The maximum atomic E-state index is 9.77. The lowest BCUT2D eigenvalue weighted by Crippen LogP contribution is -1.83. The van der Waals surface area contributed by atoms with Crippen LogP contribution in [-0.4, -0.2) is 15.1 Å². The zero-order chi connectivity index (χ0) is 12.4. The van der Waals surface area contributed by atoms with E-state index in [-0.39, 0.29) is 5.75 Å². The van der Waals surface area contributed by atoms with Crippen LogP contribution in [0.2, 0.25) is 0 Å². The summed E-state index contributed by atoms with van der Waals surface area (Å²) in [5.41, 5.74) is 0.624. The third kappa shape index (κ3) is 2.02. The molecule has 0 unspecified atom stereocenters. The Bertz CT molecular complexity index is 686. The summed E-state index contributed by atoms with van der Waals surface area (Å²) in [6.07, 6.45) is 3.47. The van der Waals surface area contributed by atoms with Gasteiger partial charge in [-0.15, -0.1) is 0 Å². The number of hydrogen-bond donors (Lipinski definition) is 1.